The van der Waals surface area contributed by atoms with Crippen LogP contribution >= 0.6 is 17.0 Å². The van der Waals surface area contributed by atoms with Crippen LogP contribution in [0, 0.1) is 0 Å². The van der Waals surface area contributed by atoms with E-state index in [0.29, 0.717) is 12.6 Å². The first kappa shape index (κ1) is 17.0. The van der Waals surface area contributed by atoms with Crippen molar-refractivity contribution in [2.75, 3.05) is 20.8 Å². The Bertz CT molecular complexity index is 545. The molecule has 2 aromatic carbocycles. The predicted octanol–water partition coefficient (Wildman–Crippen LogP) is 3.55. The van der Waals surface area contributed by atoms with Crippen LogP contribution in [0.15, 0.2) is 36.4 Å². The van der Waals surface area contributed by atoms with Gasteiger partial charge in [0, 0.05) is 25.1 Å². The van der Waals surface area contributed by atoms with Crippen molar-refractivity contribution in [3.05, 3.63) is 42.0 Å². The molecular formula is C16H22BrNO2. The van der Waals surface area contributed by atoms with Gasteiger partial charge in [0.2, 0.25) is 0 Å². The van der Waals surface area contributed by atoms with Crippen molar-refractivity contribution in [2.24, 2.45) is 0 Å². The summed E-state index contributed by atoms with van der Waals surface area (Å²) < 4.78 is 10.5. The number of rotatable bonds is 6. The summed E-state index contributed by atoms with van der Waals surface area (Å²) in [6.45, 7) is 3.67. The third-order valence-corrected chi connectivity index (χ3v) is 3.25. The summed E-state index contributed by atoms with van der Waals surface area (Å²) in [4.78, 5) is 0. The minimum Gasteiger partial charge on any atom is -0.496 e. The van der Waals surface area contributed by atoms with E-state index >= 15 is 0 Å². The van der Waals surface area contributed by atoms with E-state index in [0.717, 1.165) is 17.7 Å². The SMILES string of the molecule is Br.COCC(C)NCc1ccc(OC)c2ccccc12. The molecule has 4 heteroatoms. The Balaban J connectivity index is 0.00000200. The van der Waals surface area contributed by atoms with Gasteiger partial charge >= 0.3 is 0 Å². The highest BCUT2D eigenvalue weighted by molar-refractivity contribution is 8.93. The number of hydrogen-bond acceptors (Lipinski definition) is 3. The van der Waals surface area contributed by atoms with Gasteiger partial charge in [0.05, 0.1) is 13.7 Å². The standard InChI is InChI=1S/C16H21NO2.BrH/c1-12(11-18-2)17-10-13-8-9-16(19-3)15-7-5-4-6-14(13)15;/h4-9,12,17H,10-11H2,1-3H3;1H. The van der Waals surface area contributed by atoms with Crippen molar-refractivity contribution in [3.8, 4) is 5.75 Å². The van der Waals surface area contributed by atoms with Crippen LogP contribution in [0.25, 0.3) is 10.8 Å². The lowest BCUT2D eigenvalue weighted by Gasteiger charge is -2.15. The van der Waals surface area contributed by atoms with E-state index in [9.17, 15) is 0 Å². The summed E-state index contributed by atoms with van der Waals surface area (Å²) in [6, 6.07) is 12.8. The molecule has 2 rings (SSSR count). The molecule has 0 aliphatic heterocycles. The van der Waals surface area contributed by atoms with Gasteiger partial charge in [-0.2, -0.15) is 0 Å². The first-order valence-electron chi connectivity index (χ1n) is 6.53. The van der Waals surface area contributed by atoms with Crippen molar-refractivity contribution >= 4 is 27.8 Å². The van der Waals surface area contributed by atoms with E-state index in [1.54, 1.807) is 14.2 Å². The summed E-state index contributed by atoms with van der Waals surface area (Å²) in [5, 5.41) is 5.85. The highest BCUT2D eigenvalue weighted by atomic mass is 79.9. The summed E-state index contributed by atoms with van der Waals surface area (Å²) in [6.07, 6.45) is 0. The van der Waals surface area contributed by atoms with Crippen LogP contribution in [0.2, 0.25) is 0 Å². The highest BCUT2D eigenvalue weighted by Crippen LogP contribution is 2.28. The van der Waals surface area contributed by atoms with E-state index in [1.807, 2.05) is 12.1 Å². The number of fused-ring (bicyclic) bond motifs is 1. The van der Waals surface area contributed by atoms with Crippen LogP contribution < -0.4 is 10.1 Å². The van der Waals surface area contributed by atoms with Crippen LogP contribution in [0.5, 0.6) is 5.75 Å². The number of nitrogens with one attached hydrogen (secondary N) is 1. The van der Waals surface area contributed by atoms with Crippen molar-refractivity contribution in [1.82, 2.24) is 5.32 Å². The van der Waals surface area contributed by atoms with E-state index in [-0.39, 0.29) is 17.0 Å². The molecule has 110 valence electrons. The average molecular weight is 340 g/mol. The molecule has 0 heterocycles. The second-order valence-electron chi connectivity index (χ2n) is 4.71. The largest absolute Gasteiger partial charge is 0.496 e. The molecule has 0 fully saturated rings. The summed E-state index contributed by atoms with van der Waals surface area (Å²) in [5.41, 5.74) is 1.28. The number of halogens is 1. The Kier molecular flexibility index (Phi) is 6.99. The number of methoxy groups -OCH3 is 2. The van der Waals surface area contributed by atoms with Gasteiger partial charge in [-0.3, -0.25) is 0 Å². The molecular weight excluding hydrogens is 318 g/mol. The van der Waals surface area contributed by atoms with Gasteiger partial charge in [-0.1, -0.05) is 30.3 Å². The molecule has 0 amide bonds. The Morgan fingerprint density at radius 2 is 1.75 bits per heavy atom. The van der Waals surface area contributed by atoms with Gasteiger partial charge in [-0.15, -0.1) is 17.0 Å². The molecule has 0 bridgehead atoms. The maximum absolute atomic E-state index is 5.41. The Hall–Kier alpha value is -1.10. The number of hydrogen-bond donors (Lipinski definition) is 1. The predicted molar refractivity (Wildman–Crippen MR) is 89.0 cm³/mol. The zero-order valence-electron chi connectivity index (χ0n) is 12.2. The first-order valence-corrected chi connectivity index (χ1v) is 6.53. The quantitative estimate of drug-likeness (QED) is 0.872. The topological polar surface area (TPSA) is 30.5 Å². The van der Waals surface area contributed by atoms with E-state index in [2.05, 4.69) is 36.5 Å². The summed E-state index contributed by atoms with van der Waals surface area (Å²) in [5.74, 6) is 0.921. The van der Waals surface area contributed by atoms with Gasteiger partial charge in [0.1, 0.15) is 5.75 Å². The first-order chi connectivity index (χ1) is 9.26. The van der Waals surface area contributed by atoms with Gasteiger partial charge in [-0.25, -0.2) is 0 Å². The van der Waals surface area contributed by atoms with Gasteiger partial charge in [0.25, 0.3) is 0 Å². The lowest BCUT2D eigenvalue weighted by Crippen LogP contribution is -2.29. The zero-order valence-corrected chi connectivity index (χ0v) is 13.9. The van der Waals surface area contributed by atoms with Crippen LogP contribution in [-0.4, -0.2) is 26.9 Å². The molecule has 2 aromatic rings. The molecule has 0 radical (unpaired) electrons. The third-order valence-electron chi connectivity index (χ3n) is 3.25. The average Bonchev–Trinajstić information content (AvgIpc) is 2.45. The van der Waals surface area contributed by atoms with E-state index in [1.165, 1.54) is 10.9 Å². The van der Waals surface area contributed by atoms with Crippen molar-refractivity contribution in [2.45, 2.75) is 19.5 Å². The van der Waals surface area contributed by atoms with E-state index < -0.39 is 0 Å². The summed E-state index contributed by atoms with van der Waals surface area (Å²) in [7, 11) is 3.43. The van der Waals surface area contributed by atoms with Crippen LogP contribution in [0.3, 0.4) is 0 Å². The van der Waals surface area contributed by atoms with Crippen molar-refractivity contribution in [3.63, 3.8) is 0 Å². The van der Waals surface area contributed by atoms with Gasteiger partial charge < -0.3 is 14.8 Å². The molecule has 0 spiro atoms. The fraction of sp³-hybridized carbons (Fsp3) is 0.375. The van der Waals surface area contributed by atoms with Crippen LogP contribution in [0.1, 0.15) is 12.5 Å². The highest BCUT2D eigenvalue weighted by Gasteiger charge is 2.07. The zero-order chi connectivity index (χ0) is 13.7. The number of benzene rings is 2. The molecule has 0 saturated heterocycles. The number of ether oxygens (including phenoxy) is 2. The molecule has 1 unspecified atom stereocenters. The van der Waals surface area contributed by atoms with E-state index in [4.69, 9.17) is 9.47 Å². The lowest BCUT2D eigenvalue weighted by molar-refractivity contribution is 0.172. The normalized spacial score (nSPS) is 11.9. The molecule has 1 atom stereocenters. The molecule has 0 aliphatic carbocycles. The molecule has 0 aliphatic rings. The second-order valence-corrected chi connectivity index (χ2v) is 4.71. The molecule has 0 saturated carbocycles. The minimum atomic E-state index is 0. The second kappa shape index (κ2) is 8.25. The molecule has 20 heavy (non-hydrogen) atoms. The fourth-order valence-corrected chi connectivity index (χ4v) is 2.26. The third kappa shape index (κ3) is 3.95. The monoisotopic (exact) mass is 339 g/mol. The lowest BCUT2D eigenvalue weighted by atomic mass is 10.0. The van der Waals surface area contributed by atoms with Gasteiger partial charge in [0.15, 0.2) is 0 Å². The maximum atomic E-state index is 5.41. The minimum absolute atomic E-state index is 0. The molecule has 3 nitrogen and oxygen atoms in total. The van der Waals surface area contributed by atoms with Crippen molar-refractivity contribution in [1.29, 1.82) is 0 Å². The van der Waals surface area contributed by atoms with Gasteiger partial charge in [-0.05, 0) is 23.9 Å². The fourth-order valence-electron chi connectivity index (χ4n) is 2.26. The maximum Gasteiger partial charge on any atom is 0.126 e. The Morgan fingerprint density at radius 1 is 1.05 bits per heavy atom. The molecule has 1 N–H and O–H groups in total. The van der Waals surface area contributed by atoms with Crippen LogP contribution in [-0.2, 0) is 11.3 Å². The van der Waals surface area contributed by atoms with Crippen LogP contribution in [0.4, 0.5) is 0 Å². The Morgan fingerprint density at radius 3 is 2.40 bits per heavy atom. The Labute approximate surface area is 131 Å². The molecule has 0 aromatic heterocycles. The van der Waals surface area contributed by atoms with Crippen molar-refractivity contribution < 1.29 is 9.47 Å². The smallest absolute Gasteiger partial charge is 0.126 e. The summed E-state index contributed by atoms with van der Waals surface area (Å²) >= 11 is 0.